The molecular weight excluding hydrogens is 372 g/mol. The molecule has 2 aliphatic rings. The molecule has 9 heteroatoms. The lowest BCUT2D eigenvalue weighted by molar-refractivity contribution is -0.267. The molecule has 1 aliphatic heterocycles. The van der Waals surface area contributed by atoms with Crippen molar-refractivity contribution in [3.05, 3.63) is 24.0 Å². The van der Waals surface area contributed by atoms with Crippen molar-refractivity contribution in [1.82, 2.24) is 0 Å². The molecule has 0 amide bonds. The molecule has 2 rings (SSSR count). The van der Waals surface area contributed by atoms with Gasteiger partial charge in [-0.3, -0.25) is 4.79 Å². The number of carbonyl (C=O) groups is 1. The third kappa shape index (κ3) is 4.56. The van der Waals surface area contributed by atoms with Crippen LogP contribution in [0.4, 0.5) is 0 Å². The highest BCUT2D eigenvalue weighted by molar-refractivity contribution is 5.77. The predicted molar refractivity (Wildman–Crippen MR) is 97.1 cm³/mol. The van der Waals surface area contributed by atoms with Crippen LogP contribution in [0, 0.1) is 11.8 Å². The number of allylic oxidation sites excluding steroid dienone is 1. The number of esters is 1. The van der Waals surface area contributed by atoms with Gasteiger partial charge in [0.2, 0.25) is 0 Å². The van der Waals surface area contributed by atoms with E-state index < -0.39 is 54.6 Å². The highest BCUT2D eigenvalue weighted by Gasteiger charge is 2.56. The van der Waals surface area contributed by atoms with Crippen LogP contribution in [-0.2, 0) is 14.3 Å². The van der Waals surface area contributed by atoms with Crippen LogP contribution in [0.1, 0.15) is 26.7 Å². The van der Waals surface area contributed by atoms with Gasteiger partial charge in [-0.2, -0.15) is 0 Å². The summed E-state index contributed by atoms with van der Waals surface area (Å²) in [5, 5.41) is 60.6. The fourth-order valence-corrected chi connectivity index (χ4v) is 3.35. The van der Waals surface area contributed by atoms with E-state index in [0.717, 1.165) is 24.6 Å². The van der Waals surface area contributed by atoms with Crippen molar-refractivity contribution >= 4 is 5.97 Å². The molecule has 0 radical (unpaired) electrons. The van der Waals surface area contributed by atoms with E-state index in [2.05, 4.69) is 0 Å². The molecule has 0 spiro atoms. The minimum Gasteiger partial charge on any atom is -0.508 e. The number of aliphatic hydroxyl groups is 6. The van der Waals surface area contributed by atoms with Crippen molar-refractivity contribution in [2.75, 3.05) is 13.2 Å². The fourth-order valence-electron chi connectivity index (χ4n) is 3.35. The normalized spacial score (nSPS) is 39.3. The summed E-state index contributed by atoms with van der Waals surface area (Å²) < 4.78 is 10.7. The van der Waals surface area contributed by atoms with Crippen LogP contribution < -0.4 is 0 Å². The summed E-state index contributed by atoms with van der Waals surface area (Å²) in [6.07, 6.45) is -3.05. The molecule has 1 heterocycles. The average molecular weight is 402 g/mol. The Morgan fingerprint density at radius 1 is 1.29 bits per heavy atom. The molecule has 0 saturated carbocycles. The first-order valence-electron chi connectivity index (χ1n) is 9.45. The number of rotatable bonds is 7. The van der Waals surface area contributed by atoms with Crippen molar-refractivity contribution in [3.8, 4) is 0 Å². The number of aliphatic hydroxyl groups excluding tert-OH is 5. The maximum absolute atomic E-state index is 12.6. The molecular formula is C19H30O9. The summed E-state index contributed by atoms with van der Waals surface area (Å²) in [5.41, 5.74) is -2.17. The van der Waals surface area contributed by atoms with Gasteiger partial charge in [-0.15, -0.1) is 0 Å². The largest absolute Gasteiger partial charge is 0.508 e. The zero-order valence-corrected chi connectivity index (χ0v) is 16.0. The number of hydrogen-bond donors (Lipinski definition) is 6. The second-order valence-electron chi connectivity index (χ2n) is 7.51. The first kappa shape index (κ1) is 22.8. The van der Waals surface area contributed by atoms with Gasteiger partial charge < -0.3 is 40.1 Å². The van der Waals surface area contributed by atoms with E-state index in [1.165, 1.54) is 0 Å². The Morgan fingerprint density at radius 2 is 1.96 bits per heavy atom. The van der Waals surface area contributed by atoms with Gasteiger partial charge in [-0.25, -0.2) is 0 Å². The molecule has 0 aromatic heterocycles. The Hall–Kier alpha value is -1.49. The summed E-state index contributed by atoms with van der Waals surface area (Å²) in [5.74, 6) is -2.19. The van der Waals surface area contributed by atoms with Crippen molar-refractivity contribution in [2.45, 2.75) is 62.8 Å². The molecule has 0 bridgehead atoms. The zero-order chi connectivity index (χ0) is 21.1. The Bertz CT molecular complexity index is 602. The zero-order valence-electron chi connectivity index (χ0n) is 16.0. The maximum Gasteiger partial charge on any atom is 0.316 e. The van der Waals surface area contributed by atoms with Crippen LogP contribution in [0.25, 0.3) is 0 Å². The Morgan fingerprint density at radius 3 is 2.57 bits per heavy atom. The molecule has 1 fully saturated rings. The average Bonchev–Trinajstić information content (AvgIpc) is 2.67. The SMILES string of the molecule is CCC(C)CCOC(=O)C1C=C(O)C=CC1(O)[C@@H]1O[C@H](CO)[C@@H](O)[C@H](O)[C@H]1O. The minimum absolute atomic E-state index is 0.118. The van der Waals surface area contributed by atoms with E-state index in [9.17, 15) is 35.4 Å². The van der Waals surface area contributed by atoms with E-state index in [1.54, 1.807) is 0 Å². The summed E-state index contributed by atoms with van der Waals surface area (Å²) in [7, 11) is 0. The quantitative estimate of drug-likeness (QED) is 0.299. The third-order valence-electron chi connectivity index (χ3n) is 5.51. The molecule has 1 saturated heterocycles. The molecule has 1 aliphatic carbocycles. The number of carbonyl (C=O) groups excluding carboxylic acids is 1. The number of ether oxygens (including phenoxy) is 2. The molecule has 8 atom stereocenters. The fraction of sp³-hybridized carbons (Fsp3) is 0.737. The molecule has 3 unspecified atom stereocenters. The predicted octanol–water partition coefficient (Wildman–Crippen LogP) is -0.833. The van der Waals surface area contributed by atoms with Crippen LogP contribution in [0.15, 0.2) is 24.0 Å². The van der Waals surface area contributed by atoms with Crippen LogP contribution in [-0.4, -0.2) is 85.9 Å². The van der Waals surface area contributed by atoms with Crippen molar-refractivity contribution in [3.63, 3.8) is 0 Å². The Balaban J connectivity index is 2.23. The monoisotopic (exact) mass is 402 g/mol. The molecule has 28 heavy (non-hydrogen) atoms. The molecule has 0 aromatic rings. The third-order valence-corrected chi connectivity index (χ3v) is 5.51. The molecule has 9 nitrogen and oxygen atoms in total. The van der Waals surface area contributed by atoms with Gasteiger partial charge in [0, 0.05) is 0 Å². The van der Waals surface area contributed by atoms with Crippen molar-refractivity contribution < 1.29 is 44.9 Å². The first-order chi connectivity index (χ1) is 13.2. The summed E-state index contributed by atoms with van der Waals surface area (Å²) in [6.45, 7) is 3.46. The van der Waals surface area contributed by atoms with Gasteiger partial charge in [0.15, 0.2) is 0 Å². The molecule has 160 valence electrons. The standard InChI is InChI=1S/C19H30O9/c1-3-10(2)5-7-27-18(25)12-8-11(21)4-6-19(12,26)17-16(24)15(23)14(22)13(9-20)28-17/h4,6,8,10,12-17,20-24,26H,3,5,7,9H2,1-2H3/t10?,12?,13-,14-,15+,16-,17-,19?/m1/s1. The Kier molecular flexibility index (Phi) is 7.60. The summed E-state index contributed by atoms with van der Waals surface area (Å²) in [4.78, 5) is 12.6. The second-order valence-corrected chi connectivity index (χ2v) is 7.51. The van der Waals surface area contributed by atoms with E-state index in [4.69, 9.17) is 9.47 Å². The van der Waals surface area contributed by atoms with Crippen molar-refractivity contribution in [2.24, 2.45) is 11.8 Å². The minimum atomic E-state index is -2.17. The van der Waals surface area contributed by atoms with Crippen LogP contribution in [0.3, 0.4) is 0 Å². The van der Waals surface area contributed by atoms with Gasteiger partial charge in [0.25, 0.3) is 0 Å². The topological polar surface area (TPSA) is 157 Å². The summed E-state index contributed by atoms with van der Waals surface area (Å²) >= 11 is 0. The lowest BCUT2D eigenvalue weighted by Crippen LogP contribution is -2.67. The lowest BCUT2D eigenvalue weighted by atomic mass is 9.74. The smallest absolute Gasteiger partial charge is 0.316 e. The van der Waals surface area contributed by atoms with Crippen molar-refractivity contribution in [1.29, 1.82) is 0 Å². The number of hydrogen-bond acceptors (Lipinski definition) is 9. The molecule has 6 N–H and O–H groups in total. The van der Waals surface area contributed by atoms with Gasteiger partial charge in [-0.05, 0) is 30.6 Å². The Labute approximate surface area is 163 Å². The van der Waals surface area contributed by atoms with E-state index in [-0.39, 0.29) is 12.4 Å². The van der Waals surface area contributed by atoms with Gasteiger partial charge in [-0.1, -0.05) is 20.3 Å². The lowest BCUT2D eigenvalue weighted by Gasteiger charge is -2.47. The van der Waals surface area contributed by atoms with Crippen LogP contribution in [0.5, 0.6) is 0 Å². The van der Waals surface area contributed by atoms with Gasteiger partial charge in [0.1, 0.15) is 47.8 Å². The summed E-state index contributed by atoms with van der Waals surface area (Å²) in [6, 6.07) is 0. The molecule has 0 aromatic carbocycles. The maximum atomic E-state index is 12.6. The van der Waals surface area contributed by atoms with E-state index in [0.29, 0.717) is 12.3 Å². The van der Waals surface area contributed by atoms with Crippen LogP contribution in [0.2, 0.25) is 0 Å². The first-order valence-corrected chi connectivity index (χ1v) is 9.45. The second kappa shape index (κ2) is 9.34. The van der Waals surface area contributed by atoms with Crippen LogP contribution >= 0.6 is 0 Å². The van der Waals surface area contributed by atoms with Gasteiger partial charge >= 0.3 is 5.97 Å². The van der Waals surface area contributed by atoms with E-state index in [1.807, 2.05) is 13.8 Å². The highest BCUT2D eigenvalue weighted by atomic mass is 16.6. The highest BCUT2D eigenvalue weighted by Crippen LogP contribution is 2.38. The van der Waals surface area contributed by atoms with E-state index >= 15 is 0 Å². The van der Waals surface area contributed by atoms with Gasteiger partial charge in [0.05, 0.1) is 13.2 Å².